The van der Waals surface area contributed by atoms with Crippen molar-refractivity contribution in [3.05, 3.63) is 99.6 Å². The highest BCUT2D eigenvalue weighted by Gasteiger charge is 2.27. The van der Waals surface area contributed by atoms with E-state index in [4.69, 9.17) is 0 Å². The Bertz CT molecular complexity index is 1160. The van der Waals surface area contributed by atoms with Crippen molar-refractivity contribution in [2.45, 2.75) is 6.04 Å². The van der Waals surface area contributed by atoms with E-state index in [2.05, 4.69) is 23.5 Å². The Morgan fingerprint density at radius 1 is 0.939 bits per heavy atom. The maximum atomic E-state index is 12.9. The lowest BCUT2D eigenvalue weighted by atomic mass is 10.1. The summed E-state index contributed by atoms with van der Waals surface area (Å²) in [6.45, 7) is 1.54. The molecule has 0 aliphatic carbocycles. The summed E-state index contributed by atoms with van der Waals surface area (Å²) in [6.07, 6.45) is 1.60. The molecule has 0 spiro atoms. The number of sulfonamides is 1. The van der Waals surface area contributed by atoms with Crippen LogP contribution < -0.4 is 5.32 Å². The Balaban J connectivity index is 1.32. The maximum Gasteiger partial charge on any atom is 0.236 e. The van der Waals surface area contributed by atoms with Gasteiger partial charge in [0.15, 0.2) is 0 Å². The molecule has 1 unspecified atom stereocenters. The van der Waals surface area contributed by atoms with Gasteiger partial charge in [-0.15, -0.1) is 11.3 Å². The monoisotopic (exact) mass is 481 g/mol. The van der Waals surface area contributed by atoms with Gasteiger partial charge < -0.3 is 4.90 Å². The van der Waals surface area contributed by atoms with E-state index in [1.807, 2.05) is 60.0 Å². The maximum absolute atomic E-state index is 12.9. The summed E-state index contributed by atoms with van der Waals surface area (Å²) in [7, 11) is -3.52. The number of benzene rings is 2. The van der Waals surface area contributed by atoms with E-state index in [1.54, 1.807) is 22.3 Å². The zero-order valence-corrected chi connectivity index (χ0v) is 19.8. The number of carbonyl (C=O) groups is 1. The zero-order chi connectivity index (χ0) is 23.1. The molecule has 2 heterocycles. The summed E-state index contributed by atoms with van der Waals surface area (Å²) in [6, 6.07) is 23.4. The van der Waals surface area contributed by atoms with Gasteiger partial charge in [-0.3, -0.25) is 10.1 Å². The first-order valence-electron chi connectivity index (χ1n) is 10.9. The summed E-state index contributed by atoms with van der Waals surface area (Å²) in [5.74, 6) is -0.0237. The molecule has 1 aromatic heterocycles. The summed E-state index contributed by atoms with van der Waals surface area (Å²) < 4.78 is 26.8. The van der Waals surface area contributed by atoms with Crippen molar-refractivity contribution >= 4 is 33.3 Å². The van der Waals surface area contributed by atoms with Crippen molar-refractivity contribution in [1.29, 1.82) is 0 Å². The van der Waals surface area contributed by atoms with Crippen LogP contribution in [0.4, 0.5) is 0 Å². The van der Waals surface area contributed by atoms with E-state index in [-0.39, 0.29) is 18.5 Å². The molecule has 33 heavy (non-hydrogen) atoms. The lowest BCUT2D eigenvalue weighted by Gasteiger charge is -2.33. The molecule has 4 rings (SSSR count). The van der Waals surface area contributed by atoms with Crippen LogP contribution in [-0.2, 0) is 14.8 Å². The molecule has 3 aromatic rings. The van der Waals surface area contributed by atoms with Crippen LogP contribution in [0.25, 0.3) is 6.08 Å². The fourth-order valence-corrected chi connectivity index (χ4v) is 5.79. The first-order chi connectivity index (χ1) is 16.0. The highest BCUT2D eigenvalue weighted by molar-refractivity contribution is 7.92. The molecule has 2 aromatic carbocycles. The number of thiophene rings is 1. The fourth-order valence-electron chi connectivity index (χ4n) is 3.79. The second-order valence-electron chi connectivity index (χ2n) is 7.78. The standard InChI is InChI=1S/C25H27N3O3S2/c29-24(20-26-25(23-12-7-18-32-23)22-10-5-2-6-11-22)27-14-16-28(17-15-27)33(30,31)19-13-21-8-3-1-4-9-21/h1-13,18-19,25-26H,14-17,20H2/b19-13+. The van der Waals surface area contributed by atoms with Crippen LogP contribution >= 0.6 is 11.3 Å². The van der Waals surface area contributed by atoms with Gasteiger partial charge in [-0.2, -0.15) is 4.31 Å². The third-order valence-electron chi connectivity index (χ3n) is 5.60. The van der Waals surface area contributed by atoms with Crippen LogP contribution in [0.5, 0.6) is 0 Å². The molecule has 1 aliphatic rings. The van der Waals surface area contributed by atoms with Gasteiger partial charge in [-0.05, 0) is 28.6 Å². The Morgan fingerprint density at radius 2 is 1.61 bits per heavy atom. The van der Waals surface area contributed by atoms with E-state index < -0.39 is 10.0 Å². The lowest BCUT2D eigenvalue weighted by Crippen LogP contribution is -2.52. The summed E-state index contributed by atoms with van der Waals surface area (Å²) in [4.78, 5) is 15.7. The fraction of sp³-hybridized carbons (Fsp3) is 0.240. The molecule has 1 amide bonds. The Kier molecular flexibility index (Phi) is 7.72. The quantitative estimate of drug-likeness (QED) is 0.534. The van der Waals surface area contributed by atoms with Gasteiger partial charge in [0.05, 0.1) is 12.6 Å². The average molecular weight is 482 g/mol. The lowest BCUT2D eigenvalue weighted by molar-refractivity contribution is -0.131. The molecule has 8 heteroatoms. The van der Waals surface area contributed by atoms with Crippen molar-refractivity contribution < 1.29 is 13.2 Å². The molecule has 1 N–H and O–H groups in total. The molecular formula is C25H27N3O3S2. The largest absolute Gasteiger partial charge is 0.339 e. The van der Waals surface area contributed by atoms with Gasteiger partial charge in [-0.1, -0.05) is 66.7 Å². The minimum absolute atomic E-state index is 0.0237. The SMILES string of the molecule is O=C(CNC(c1ccccc1)c1cccs1)N1CCN(S(=O)(=O)/C=C/c2ccccc2)CC1. The number of nitrogens with zero attached hydrogens (tertiary/aromatic N) is 2. The first-order valence-corrected chi connectivity index (χ1v) is 13.2. The van der Waals surface area contributed by atoms with Crippen LogP contribution in [-0.4, -0.2) is 56.3 Å². The highest BCUT2D eigenvalue weighted by Crippen LogP contribution is 2.25. The minimum atomic E-state index is -3.52. The van der Waals surface area contributed by atoms with Crippen molar-refractivity contribution in [3.63, 3.8) is 0 Å². The Hall–Kier alpha value is -2.78. The minimum Gasteiger partial charge on any atom is -0.339 e. The molecule has 0 radical (unpaired) electrons. The number of hydrogen-bond donors (Lipinski definition) is 1. The van der Waals surface area contributed by atoms with Crippen molar-refractivity contribution in [2.75, 3.05) is 32.7 Å². The normalized spacial score (nSPS) is 16.2. The van der Waals surface area contributed by atoms with Crippen LogP contribution in [0, 0.1) is 0 Å². The van der Waals surface area contributed by atoms with Crippen LogP contribution in [0.3, 0.4) is 0 Å². The summed E-state index contributed by atoms with van der Waals surface area (Å²) >= 11 is 1.65. The second kappa shape index (κ2) is 10.9. The third-order valence-corrected chi connectivity index (χ3v) is 8.10. The number of amides is 1. The van der Waals surface area contributed by atoms with Gasteiger partial charge in [0.2, 0.25) is 15.9 Å². The van der Waals surface area contributed by atoms with E-state index in [1.165, 1.54) is 9.71 Å². The molecule has 1 saturated heterocycles. The van der Waals surface area contributed by atoms with Crippen molar-refractivity contribution in [2.24, 2.45) is 0 Å². The second-order valence-corrected chi connectivity index (χ2v) is 10.6. The predicted molar refractivity (Wildman–Crippen MR) is 133 cm³/mol. The molecule has 0 bridgehead atoms. The summed E-state index contributed by atoms with van der Waals surface area (Å²) in [5.41, 5.74) is 1.94. The van der Waals surface area contributed by atoms with Gasteiger partial charge in [0.25, 0.3) is 0 Å². The van der Waals surface area contributed by atoms with Crippen molar-refractivity contribution in [3.8, 4) is 0 Å². The number of carbonyl (C=O) groups excluding carboxylic acids is 1. The molecule has 6 nitrogen and oxygen atoms in total. The Morgan fingerprint density at radius 3 is 2.24 bits per heavy atom. The summed E-state index contributed by atoms with van der Waals surface area (Å²) in [5, 5.41) is 6.66. The van der Waals surface area contributed by atoms with E-state index >= 15 is 0 Å². The van der Waals surface area contributed by atoms with Crippen LogP contribution in [0.2, 0.25) is 0 Å². The molecule has 1 atom stereocenters. The Labute approximate surface area is 199 Å². The number of hydrogen-bond acceptors (Lipinski definition) is 5. The zero-order valence-electron chi connectivity index (χ0n) is 18.2. The van der Waals surface area contributed by atoms with Crippen LogP contribution in [0.15, 0.2) is 83.6 Å². The van der Waals surface area contributed by atoms with E-state index in [9.17, 15) is 13.2 Å². The molecular weight excluding hydrogens is 454 g/mol. The van der Waals surface area contributed by atoms with E-state index in [0.717, 1.165) is 16.0 Å². The highest BCUT2D eigenvalue weighted by atomic mass is 32.2. The van der Waals surface area contributed by atoms with Crippen molar-refractivity contribution in [1.82, 2.24) is 14.5 Å². The first kappa shape index (κ1) is 23.4. The third kappa shape index (κ3) is 6.17. The molecule has 1 fully saturated rings. The predicted octanol–water partition coefficient (Wildman–Crippen LogP) is 3.57. The van der Waals surface area contributed by atoms with E-state index in [0.29, 0.717) is 26.2 Å². The molecule has 172 valence electrons. The van der Waals surface area contributed by atoms with Crippen LogP contribution in [0.1, 0.15) is 22.0 Å². The number of rotatable bonds is 8. The number of nitrogens with one attached hydrogen (secondary N) is 1. The topological polar surface area (TPSA) is 69.7 Å². The smallest absolute Gasteiger partial charge is 0.236 e. The average Bonchev–Trinajstić information content (AvgIpc) is 3.39. The molecule has 1 aliphatic heterocycles. The van der Waals surface area contributed by atoms with Gasteiger partial charge in [-0.25, -0.2) is 8.42 Å². The van der Waals surface area contributed by atoms with Gasteiger partial charge >= 0.3 is 0 Å². The number of piperazine rings is 1. The molecule has 0 saturated carbocycles. The van der Waals surface area contributed by atoms with Gasteiger partial charge in [0, 0.05) is 36.5 Å². The van der Waals surface area contributed by atoms with Gasteiger partial charge in [0.1, 0.15) is 0 Å².